The molecule has 1 aliphatic carbocycles. The Labute approximate surface area is 124 Å². The molecule has 0 aromatic heterocycles. The molecule has 1 aromatic rings. The van der Waals surface area contributed by atoms with E-state index in [-0.39, 0.29) is 17.3 Å². The van der Waals surface area contributed by atoms with Crippen LogP contribution < -0.4 is 5.32 Å². The Morgan fingerprint density at radius 1 is 1.40 bits per heavy atom. The average molecular weight is 343 g/mol. The summed E-state index contributed by atoms with van der Waals surface area (Å²) in [6, 6.07) is 3.94. The van der Waals surface area contributed by atoms with E-state index < -0.39 is 16.9 Å². The molecule has 0 spiro atoms. The molecular formula is C13H15BrN2O4. The van der Waals surface area contributed by atoms with Crippen molar-refractivity contribution >= 4 is 27.5 Å². The van der Waals surface area contributed by atoms with Gasteiger partial charge in [-0.1, -0.05) is 12.8 Å². The summed E-state index contributed by atoms with van der Waals surface area (Å²) >= 11 is 3.07. The molecule has 6 nitrogen and oxygen atoms in total. The Hall–Kier alpha value is -1.47. The van der Waals surface area contributed by atoms with Crippen molar-refractivity contribution in [2.24, 2.45) is 0 Å². The molecule has 20 heavy (non-hydrogen) atoms. The van der Waals surface area contributed by atoms with Gasteiger partial charge in [0.25, 0.3) is 11.6 Å². The van der Waals surface area contributed by atoms with Crippen LogP contribution in [0.5, 0.6) is 0 Å². The summed E-state index contributed by atoms with van der Waals surface area (Å²) < 4.78 is 0.330. The zero-order valence-corrected chi connectivity index (χ0v) is 12.3. The summed E-state index contributed by atoms with van der Waals surface area (Å²) in [4.78, 5) is 22.4. The van der Waals surface area contributed by atoms with Gasteiger partial charge in [-0.15, -0.1) is 0 Å². The Kier molecular flexibility index (Phi) is 4.72. The van der Waals surface area contributed by atoms with Gasteiger partial charge < -0.3 is 10.4 Å². The number of nitrogens with zero attached hydrogens (tertiary/aromatic N) is 1. The highest BCUT2D eigenvalue weighted by molar-refractivity contribution is 9.10. The lowest BCUT2D eigenvalue weighted by Gasteiger charge is -2.28. The van der Waals surface area contributed by atoms with Crippen molar-refractivity contribution in [1.82, 2.24) is 5.32 Å². The number of hydrogen-bond acceptors (Lipinski definition) is 4. The number of nitro benzene ring substituents is 1. The number of aliphatic hydroxyl groups is 1. The number of hydrogen-bond donors (Lipinski definition) is 2. The van der Waals surface area contributed by atoms with E-state index in [1.165, 1.54) is 18.2 Å². The van der Waals surface area contributed by atoms with Crippen LogP contribution in [0.4, 0.5) is 5.69 Å². The second-order valence-corrected chi connectivity index (χ2v) is 5.71. The predicted octanol–water partition coefficient (Wildman–Crippen LogP) is 2.39. The molecule has 1 aromatic carbocycles. The average Bonchev–Trinajstić information content (AvgIpc) is 2.41. The summed E-state index contributed by atoms with van der Waals surface area (Å²) in [5, 5.41) is 23.4. The molecule has 0 bridgehead atoms. The monoisotopic (exact) mass is 342 g/mol. The number of carbonyl (C=O) groups excluding carboxylic acids is 1. The maximum atomic E-state index is 12.1. The maximum absolute atomic E-state index is 12.1. The minimum absolute atomic E-state index is 0.151. The van der Waals surface area contributed by atoms with Gasteiger partial charge in [0.2, 0.25) is 0 Å². The first-order chi connectivity index (χ1) is 9.49. The Balaban J connectivity index is 2.13. The number of nitro groups is 1. The second kappa shape index (κ2) is 6.32. The van der Waals surface area contributed by atoms with E-state index >= 15 is 0 Å². The number of amides is 1. The van der Waals surface area contributed by atoms with Gasteiger partial charge in [0, 0.05) is 11.6 Å². The lowest BCUT2D eigenvalue weighted by atomic mass is 9.92. The van der Waals surface area contributed by atoms with E-state index in [0.29, 0.717) is 10.9 Å². The van der Waals surface area contributed by atoms with Gasteiger partial charge in [0.1, 0.15) is 0 Å². The summed E-state index contributed by atoms with van der Waals surface area (Å²) in [7, 11) is 0. The number of halogens is 1. The molecule has 2 rings (SSSR count). The van der Waals surface area contributed by atoms with Gasteiger partial charge in [-0.2, -0.15) is 0 Å². The van der Waals surface area contributed by atoms with Crippen molar-refractivity contribution < 1.29 is 14.8 Å². The highest BCUT2D eigenvalue weighted by Crippen LogP contribution is 2.26. The third kappa shape index (κ3) is 3.34. The quantitative estimate of drug-likeness (QED) is 0.651. The highest BCUT2D eigenvalue weighted by atomic mass is 79.9. The van der Waals surface area contributed by atoms with Crippen molar-refractivity contribution in [2.75, 3.05) is 0 Å². The van der Waals surface area contributed by atoms with Crippen LogP contribution in [0.1, 0.15) is 36.0 Å². The molecule has 0 saturated heterocycles. The van der Waals surface area contributed by atoms with E-state index in [0.717, 1.165) is 19.3 Å². The lowest BCUT2D eigenvalue weighted by molar-refractivity contribution is -0.385. The van der Waals surface area contributed by atoms with Crippen LogP contribution in [0, 0.1) is 10.1 Å². The third-order valence-electron chi connectivity index (χ3n) is 3.45. The molecular weight excluding hydrogens is 328 g/mol. The molecule has 0 aliphatic heterocycles. The first kappa shape index (κ1) is 14.9. The minimum Gasteiger partial charge on any atom is -0.391 e. The number of rotatable bonds is 3. The fraction of sp³-hybridized carbons (Fsp3) is 0.462. The molecule has 1 saturated carbocycles. The molecule has 1 fully saturated rings. The zero-order chi connectivity index (χ0) is 14.7. The Morgan fingerprint density at radius 2 is 2.10 bits per heavy atom. The first-order valence-electron chi connectivity index (χ1n) is 6.42. The van der Waals surface area contributed by atoms with Gasteiger partial charge >= 0.3 is 0 Å². The van der Waals surface area contributed by atoms with Gasteiger partial charge in [-0.25, -0.2) is 0 Å². The lowest BCUT2D eigenvalue weighted by Crippen LogP contribution is -2.45. The molecule has 0 radical (unpaired) electrons. The number of benzene rings is 1. The van der Waals surface area contributed by atoms with Gasteiger partial charge in [0.15, 0.2) is 0 Å². The Morgan fingerprint density at radius 3 is 2.75 bits per heavy atom. The van der Waals surface area contributed by atoms with Crippen LogP contribution in [0.25, 0.3) is 0 Å². The maximum Gasteiger partial charge on any atom is 0.284 e. The number of carbonyl (C=O) groups is 1. The predicted molar refractivity (Wildman–Crippen MR) is 76.5 cm³/mol. The van der Waals surface area contributed by atoms with Gasteiger partial charge in [0.05, 0.1) is 21.5 Å². The standard InChI is InChI=1S/C13H15BrN2O4/c14-9-6-5-8(7-11(9)16(19)20)13(18)15-10-3-1-2-4-12(10)17/h5-7,10,12,17H,1-4H2,(H,15,18)/t10-,12-/m1/s1. The highest BCUT2D eigenvalue weighted by Gasteiger charge is 2.25. The van der Waals surface area contributed by atoms with Crippen LogP contribution in [0.15, 0.2) is 22.7 Å². The second-order valence-electron chi connectivity index (χ2n) is 4.86. The third-order valence-corrected chi connectivity index (χ3v) is 4.12. The van der Waals surface area contributed by atoms with E-state index in [4.69, 9.17) is 0 Å². The van der Waals surface area contributed by atoms with Crippen LogP contribution >= 0.6 is 15.9 Å². The number of nitrogens with one attached hydrogen (secondary N) is 1. The zero-order valence-electron chi connectivity index (χ0n) is 10.7. The molecule has 2 N–H and O–H groups in total. The SMILES string of the molecule is O=C(N[C@@H]1CCCC[C@H]1O)c1ccc(Br)c([N+](=O)[O-])c1. The van der Waals surface area contributed by atoms with Gasteiger partial charge in [-0.3, -0.25) is 14.9 Å². The Bertz CT molecular complexity index is 535. The molecule has 0 heterocycles. The van der Waals surface area contributed by atoms with E-state index in [9.17, 15) is 20.0 Å². The van der Waals surface area contributed by atoms with Crippen LogP contribution in [-0.4, -0.2) is 28.1 Å². The summed E-state index contributed by atoms with van der Waals surface area (Å²) in [6.07, 6.45) is 2.77. The van der Waals surface area contributed by atoms with Gasteiger partial charge in [-0.05, 0) is 40.9 Å². The van der Waals surface area contributed by atoms with E-state index in [2.05, 4.69) is 21.2 Å². The van der Waals surface area contributed by atoms with Crippen LogP contribution in [0.2, 0.25) is 0 Å². The molecule has 1 amide bonds. The van der Waals surface area contributed by atoms with Crippen molar-refractivity contribution in [3.63, 3.8) is 0 Å². The minimum atomic E-state index is -0.545. The van der Waals surface area contributed by atoms with Crippen molar-refractivity contribution in [3.8, 4) is 0 Å². The smallest absolute Gasteiger partial charge is 0.284 e. The fourth-order valence-electron chi connectivity index (χ4n) is 2.33. The molecule has 108 valence electrons. The normalized spacial score (nSPS) is 22.3. The number of aliphatic hydroxyl groups excluding tert-OH is 1. The molecule has 1 aliphatic rings. The van der Waals surface area contributed by atoms with Crippen LogP contribution in [-0.2, 0) is 0 Å². The molecule has 2 atom stereocenters. The summed E-state index contributed by atoms with van der Waals surface area (Å²) in [5.41, 5.74) is 0.0690. The van der Waals surface area contributed by atoms with E-state index in [1.807, 2.05) is 0 Å². The summed E-state index contributed by atoms with van der Waals surface area (Å²) in [5.74, 6) is -0.397. The van der Waals surface area contributed by atoms with Crippen LogP contribution in [0.3, 0.4) is 0 Å². The van der Waals surface area contributed by atoms with E-state index in [1.54, 1.807) is 0 Å². The topological polar surface area (TPSA) is 92.5 Å². The van der Waals surface area contributed by atoms with Crippen molar-refractivity contribution in [2.45, 2.75) is 37.8 Å². The first-order valence-corrected chi connectivity index (χ1v) is 7.21. The molecule has 7 heteroatoms. The van der Waals surface area contributed by atoms with Crippen molar-refractivity contribution in [3.05, 3.63) is 38.3 Å². The molecule has 0 unspecified atom stereocenters. The largest absolute Gasteiger partial charge is 0.391 e. The fourth-order valence-corrected chi connectivity index (χ4v) is 2.72. The van der Waals surface area contributed by atoms with Crippen molar-refractivity contribution in [1.29, 1.82) is 0 Å². The summed E-state index contributed by atoms with van der Waals surface area (Å²) in [6.45, 7) is 0.